The van der Waals surface area contributed by atoms with Crippen molar-refractivity contribution in [3.05, 3.63) is 182 Å². The molecule has 5 aromatic heterocycles. The van der Waals surface area contributed by atoms with Gasteiger partial charge in [-0.05, 0) is 72.3 Å². The number of benzene rings is 7. The molecular formula is C50H30N4S. The zero-order valence-corrected chi connectivity index (χ0v) is 30.3. The second kappa shape index (κ2) is 11.7. The number of hydrogen-bond acceptors (Lipinski definition) is 3. The predicted octanol–water partition coefficient (Wildman–Crippen LogP) is 13.5. The Balaban J connectivity index is 1.13. The summed E-state index contributed by atoms with van der Waals surface area (Å²) in [6.45, 7) is 0. The first-order chi connectivity index (χ1) is 27.3. The fraction of sp³-hybridized carbons (Fsp3) is 0. The Hall–Kier alpha value is -7.08. The molecule has 0 atom stereocenters. The lowest BCUT2D eigenvalue weighted by atomic mass is 9.98. The number of para-hydroxylation sites is 3. The van der Waals surface area contributed by atoms with E-state index in [0.29, 0.717) is 0 Å². The van der Waals surface area contributed by atoms with E-state index in [2.05, 4.69) is 173 Å². The highest BCUT2D eigenvalue weighted by atomic mass is 32.1. The van der Waals surface area contributed by atoms with Gasteiger partial charge in [-0.2, -0.15) is 0 Å². The van der Waals surface area contributed by atoms with E-state index >= 15 is 0 Å². The molecule has 0 saturated carbocycles. The van der Waals surface area contributed by atoms with Gasteiger partial charge in [0.2, 0.25) is 0 Å². The maximum absolute atomic E-state index is 5.21. The summed E-state index contributed by atoms with van der Waals surface area (Å²) in [6.07, 6.45) is 0. The van der Waals surface area contributed by atoms with Crippen LogP contribution in [0.15, 0.2) is 182 Å². The monoisotopic (exact) mass is 718 g/mol. The summed E-state index contributed by atoms with van der Waals surface area (Å²) in [5.41, 5.74) is 11.0. The molecule has 7 aromatic carbocycles. The largest absolute Gasteiger partial charge is 0.309 e. The maximum Gasteiger partial charge on any atom is 0.162 e. The van der Waals surface area contributed by atoms with Crippen molar-refractivity contribution in [2.45, 2.75) is 0 Å². The Bertz CT molecular complexity index is 3440. The quantitative estimate of drug-likeness (QED) is 0.182. The number of hydrogen-bond donors (Lipinski definition) is 0. The normalized spacial score (nSPS) is 12.0. The van der Waals surface area contributed by atoms with E-state index in [1.54, 1.807) is 0 Å². The Kier molecular flexibility index (Phi) is 6.47. The average Bonchev–Trinajstić information content (AvgIpc) is 3.91. The van der Waals surface area contributed by atoms with E-state index in [9.17, 15) is 0 Å². The van der Waals surface area contributed by atoms with Crippen molar-refractivity contribution in [3.8, 4) is 33.9 Å². The van der Waals surface area contributed by atoms with Gasteiger partial charge in [0.15, 0.2) is 5.65 Å². The van der Waals surface area contributed by atoms with Crippen LogP contribution >= 0.6 is 11.3 Å². The average molecular weight is 719 g/mol. The molecule has 5 heteroatoms. The maximum atomic E-state index is 5.21. The van der Waals surface area contributed by atoms with Crippen LogP contribution in [0.3, 0.4) is 0 Å². The van der Waals surface area contributed by atoms with Gasteiger partial charge in [0.25, 0.3) is 0 Å². The lowest BCUT2D eigenvalue weighted by molar-refractivity contribution is 1.09. The highest BCUT2D eigenvalue weighted by Gasteiger charge is 2.22. The molecule has 12 rings (SSSR count). The number of thiophene rings is 1. The van der Waals surface area contributed by atoms with Gasteiger partial charge in [-0.3, -0.25) is 4.57 Å². The molecule has 256 valence electrons. The summed E-state index contributed by atoms with van der Waals surface area (Å²) in [5, 5.41) is 8.48. The van der Waals surface area contributed by atoms with Crippen LogP contribution in [0.1, 0.15) is 0 Å². The van der Waals surface area contributed by atoms with Gasteiger partial charge >= 0.3 is 0 Å². The molecule has 0 unspecified atom stereocenters. The first-order valence-electron chi connectivity index (χ1n) is 18.6. The van der Waals surface area contributed by atoms with E-state index in [4.69, 9.17) is 9.97 Å². The van der Waals surface area contributed by atoms with Crippen molar-refractivity contribution in [3.63, 3.8) is 0 Å². The molecule has 0 aliphatic carbocycles. The second-order valence-electron chi connectivity index (χ2n) is 14.2. The van der Waals surface area contributed by atoms with Crippen LogP contribution in [0.5, 0.6) is 0 Å². The topological polar surface area (TPSA) is 35.6 Å². The number of nitrogens with zero attached hydrogens (tertiary/aromatic N) is 4. The molecule has 0 aliphatic rings. The van der Waals surface area contributed by atoms with Crippen LogP contribution in [-0.2, 0) is 0 Å². The molecule has 55 heavy (non-hydrogen) atoms. The highest BCUT2D eigenvalue weighted by Crippen LogP contribution is 2.46. The van der Waals surface area contributed by atoms with E-state index in [0.717, 1.165) is 39.1 Å². The number of fused-ring (bicyclic) bond motifs is 10. The van der Waals surface area contributed by atoms with Crippen LogP contribution in [0, 0.1) is 0 Å². The second-order valence-corrected chi connectivity index (χ2v) is 15.2. The molecule has 0 spiro atoms. The van der Waals surface area contributed by atoms with E-state index in [-0.39, 0.29) is 0 Å². The van der Waals surface area contributed by atoms with Crippen LogP contribution in [-0.4, -0.2) is 19.1 Å². The lowest BCUT2D eigenvalue weighted by Gasteiger charge is -2.16. The molecule has 12 aromatic rings. The fourth-order valence-electron chi connectivity index (χ4n) is 8.68. The van der Waals surface area contributed by atoms with Gasteiger partial charge in [0.05, 0.1) is 33.4 Å². The Morgan fingerprint density at radius 3 is 1.78 bits per heavy atom. The van der Waals surface area contributed by atoms with Crippen molar-refractivity contribution in [1.82, 2.24) is 19.1 Å². The molecule has 0 aliphatic heterocycles. The standard InChI is InChI=1S/C50H30N4S/c1-2-12-31(13-3-1)40-26-22-32-24-29-47(52-50(32)51-40)54-43-20-10-6-16-36(43)39-30-33(23-27-44(39)54)48-45(28-25-38-37-17-7-11-21-46(37)55-49(38)48)53-41-18-8-4-14-34(41)35-15-5-9-19-42(35)53/h1-30H. The van der Waals surface area contributed by atoms with Crippen molar-refractivity contribution in [1.29, 1.82) is 0 Å². The lowest BCUT2D eigenvalue weighted by Crippen LogP contribution is -1.99. The van der Waals surface area contributed by atoms with Crippen LogP contribution in [0.4, 0.5) is 0 Å². The summed E-state index contributed by atoms with van der Waals surface area (Å²) in [4.78, 5) is 10.2. The minimum absolute atomic E-state index is 0.730. The van der Waals surface area contributed by atoms with Crippen LogP contribution in [0.2, 0.25) is 0 Å². The number of rotatable bonds is 4. The van der Waals surface area contributed by atoms with Crippen molar-refractivity contribution >= 4 is 86.2 Å². The minimum atomic E-state index is 0.730. The van der Waals surface area contributed by atoms with Crippen molar-refractivity contribution < 1.29 is 0 Å². The van der Waals surface area contributed by atoms with E-state index in [1.165, 1.54) is 69.6 Å². The molecule has 0 bridgehead atoms. The zero-order valence-electron chi connectivity index (χ0n) is 29.5. The van der Waals surface area contributed by atoms with Crippen molar-refractivity contribution in [2.24, 2.45) is 0 Å². The molecule has 0 N–H and O–H groups in total. The Morgan fingerprint density at radius 2 is 1.02 bits per heavy atom. The number of aromatic nitrogens is 4. The molecule has 0 fully saturated rings. The summed E-state index contributed by atoms with van der Waals surface area (Å²) in [6, 6.07) is 65.4. The first kappa shape index (κ1) is 30.4. The summed E-state index contributed by atoms with van der Waals surface area (Å²) in [5.74, 6) is 0.849. The van der Waals surface area contributed by atoms with Crippen LogP contribution in [0.25, 0.3) is 109 Å². The Labute approximate surface area is 319 Å². The summed E-state index contributed by atoms with van der Waals surface area (Å²) >= 11 is 1.88. The molecule has 0 saturated heterocycles. The van der Waals surface area contributed by atoms with E-state index in [1.807, 2.05) is 29.5 Å². The summed E-state index contributed by atoms with van der Waals surface area (Å²) < 4.78 is 7.34. The first-order valence-corrected chi connectivity index (χ1v) is 19.4. The smallest absolute Gasteiger partial charge is 0.162 e. The Morgan fingerprint density at radius 1 is 0.400 bits per heavy atom. The highest BCUT2D eigenvalue weighted by molar-refractivity contribution is 7.26. The number of pyridine rings is 2. The predicted molar refractivity (Wildman–Crippen MR) is 232 cm³/mol. The fourth-order valence-corrected chi connectivity index (χ4v) is 9.95. The van der Waals surface area contributed by atoms with Gasteiger partial charge in [0, 0.05) is 58.2 Å². The molecule has 0 radical (unpaired) electrons. The van der Waals surface area contributed by atoms with Gasteiger partial charge in [-0.25, -0.2) is 9.97 Å². The van der Waals surface area contributed by atoms with Gasteiger partial charge in [-0.15, -0.1) is 11.3 Å². The zero-order chi connectivity index (χ0) is 36.0. The molecule has 4 nitrogen and oxygen atoms in total. The molecule has 5 heterocycles. The van der Waals surface area contributed by atoms with Gasteiger partial charge in [-0.1, -0.05) is 115 Å². The molecule has 0 amide bonds. The third kappa shape index (κ3) is 4.51. The SMILES string of the molecule is c1ccc(-c2ccc3ccc(-n4c5ccccc5c5cc(-c6c(-n7c8ccccc8c8ccccc87)ccc7c6sc6ccccc67)ccc54)nc3n2)cc1. The van der Waals surface area contributed by atoms with E-state index < -0.39 is 0 Å². The third-order valence-electron chi connectivity index (χ3n) is 11.1. The van der Waals surface area contributed by atoms with Gasteiger partial charge in [0.1, 0.15) is 5.82 Å². The van der Waals surface area contributed by atoms with Crippen LogP contribution < -0.4 is 0 Å². The van der Waals surface area contributed by atoms with Gasteiger partial charge < -0.3 is 4.57 Å². The third-order valence-corrected chi connectivity index (χ3v) is 12.3. The minimum Gasteiger partial charge on any atom is -0.309 e. The molecular weight excluding hydrogens is 689 g/mol. The van der Waals surface area contributed by atoms with Crippen molar-refractivity contribution in [2.75, 3.05) is 0 Å². The summed E-state index contributed by atoms with van der Waals surface area (Å²) in [7, 11) is 0.